The molecule has 2 aromatic carbocycles. The fourth-order valence-corrected chi connectivity index (χ4v) is 5.66. The second-order valence-corrected chi connectivity index (χ2v) is 9.99. The molecule has 36 heavy (non-hydrogen) atoms. The van der Waals surface area contributed by atoms with E-state index in [0.29, 0.717) is 5.75 Å². The number of nitrogens with one attached hydrogen (secondary N) is 2. The van der Waals surface area contributed by atoms with Crippen molar-refractivity contribution in [2.45, 2.75) is 32.1 Å². The average molecular weight is 507 g/mol. The van der Waals surface area contributed by atoms with E-state index >= 15 is 0 Å². The van der Waals surface area contributed by atoms with Crippen LogP contribution in [0.4, 0.5) is 0 Å². The summed E-state index contributed by atoms with van der Waals surface area (Å²) in [5, 5.41) is 7.72. The molecule has 0 unspecified atom stereocenters. The number of piperazine rings is 1. The third-order valence-corrected chi connectivity index (χ3v) is 7.50. The van der Waals surface area contributed by atoms with Gasteiger partial charge in [0.25, 0.3) is 0 Å². The molecule has 2 atom stereocenters. The smallest absolute Gasteiger partial charge is 0.309 e. The van der Waals surface area contributed by atoms with Crippen molar-refractivity contribution in [3.8, 4) is 5.75 Å². The van der Waals surface area contributed by atoms with E-state index in [2.05, 4.69) is 56.1 Å². The third-order valence-electron chi connectivity index (χ3n) is 6.55. The number of hydrogen-bond acceptors (Lipinski definition) is 6. The number of para-hydroxylation sites is 1. The molecular formula is C28H34N4O3S. The van der Waals surface area contributed by atoms with Crippen LogP contribution in [0.3, 0.4) is 0 Å². The number of ether oxygens (including phenoxy) is 1. The molecule has 1 fully saturated rings. The molecule has 0 aliphatic carbocycles. The van der Waals surface area contributed by atoms with Gasteiger partial charge in [-0.25, -0.2) is 0 Å². The Bertz CT molecular complexity index is 1110. The quantitative estimate of drug-likeness (QED) is 0.435. The molecule has 0 saturated carbocycles. The first kappa shape index (κ1) is 25.9. The van der Waals surface area contributed by atoms with Crippen LogP contribution in [0.1, 0.15) is 29.0 Å². The molecule has 190 valence electrons. The minimum atomic E-state index is -0.648. The Labute approximate surface area is 217 Å². The molecule has 7 nitrogen and oxygen atoms in total. The van der Waals surface area contributed by atoms with Crippen LogP contribution < -0.4 is 15.4 Å². The fraction of sp³-hybridized carbons (Fsp3) is 0.357. The minimum Gasteiger partial charge on any atom is -0.496 e. The third kappa shape index (κ3) is 6.72. The Kier molecular flexibility index (Phi) is 9.11. The number of carbonyl (C=O) groups excluding carboxylic acids is 2. The van der Waals surface area contributed by atoms with Gasteiger partial charge < -0.3 is 15.4 Å². The van der Waals surface area contributed by atoms with Gasteiger partial charge in [-0.15, -0.1) is 11.3 Å². The highest BCUT2D eigenvalue weighted by Gasteiger charge is 2.31. The predicted molar refractivity (Wildman–Crippen MR) is 143 cm³/mol. The van der Waals surface area contributed by atoms with Gasteiger partial charge in [0.2, 0.25) is 0 Å². The molecule has 2 heterocycles. The van der Waals surface area contributed by atoms with E-state index in [1.54, 1.807) is 18.4 Å². The highest BCUT2D eigenvalue weighted by Crippen LogP contribution is 2.29. The predicted octanol–water partition coefficient (Wildman–Crippen LogP) is 3.44. The first-order chi connectivity index (χ1) is 17.5. The molecule has 2 amide bonds. The largest absolute Gasteiger partial charge is 0.496 e. The molecule has 8 heteroatoms. The van der Waals surface area contributed by atoms with E-state index in [1.165, 1.54) is 10.4 Å². The standard InChI is InChI=1S/C28H34N4O3S/c1-21(30-28(34)27(33)29-19-23-11-6-7-12-24(23)35-2)26(25-13-8-18-36-25)32-16-14-31(15-17-32)20-22-9-4-3-5-10-22/h3-13,18,21,26H,14-17,19-20H2,1-2H3,(H,29,33)(H,30,34)/t21-,26-/m1/s1. The van der Waals surface area contributed by atoms with Crippen molar-refractivity contribution in [2.75, 3.05) is 33.3 Å². The zero-order valence-electron chi connectivity index (χ0n) is 20.9. The van der Waals surface area contributed by atoms with Gasteiger partial charge in [-0.05, 0) is 30.0 Å². The van der Waals surface area contributed by atoms with E-state index < -0.39 is 11.8 Å². The van der Waals surface area contributed by atoms with E-state index in [-0.39, 0.29) is 18.6 Å². The van der Waals surface area contributed by atoms with Gasteiger partial charge in [-0.2, -0.15) is 0 Å². The fourth-order valence-electron chi connectivity index (χ4n) is 4.70. The lowest BCUT2D eigenvalue weighted by Gasteiger charge is -2.41. The van der Waals surface area contributed by atoms with E-state index in [0.717, 1.165) is 38.3 Å². The highest BCUT2D eigenvalue weighted by atomic mass is 32.1. The number of nitrogens with zero attached hydrogens (tertiary/aromatic N) is 2. The number of hydrogen-bond donors (Lipinski definition) is 2. The zero-order valence-corrected chi connectivity index (χ0v) is 21.7. The lowest BCUT2D eigenvalue weighted by molar-refractivity contribution is -0.140. The summed E-state index contributed by atoms with van der Waals surface area (Å²) in [4.78, 5) is 31.4. The maximum absolute atomic E-state index is 12.8. The zero-order chi connectivity index (χ0) is 25.3. The van der Waals surface area contributed by atoms with Crippen molar-refractivity contribution in [1.82, 2.24) is 20.4 Å². The van der Waals surface area contributed by atoms with Gasteiger partial charge in [-0.3, -0.25) is 19.4 Å². The summed E-state index contributed by atoms with van der Waals surface area (Å²) in [6.07, 6.45) is 0. The summed E-state index contributed by atoms with van der Waals surface area (Å²) >= 11 is 1.68. The summed E-state index contributed by atoms with van der Waals surface area (Å²) in [6.45, 7) is 6.85. The normalized spacial score (nSPS) is 16.2. The lowest BCUT2D eigenvalue weighted by Crippen LogP contribution is -2.53. The summed E-state index contributed by atoms with van der Waals surface area (Å²) < 4.78 is 5.32. The van der Waals surface area contributed by atoms with Crippen LogP contribution in [-0.4, -0.2) is 60.9 Å². The molecule has 0 spiro atoms. The van der Waals surface area contributed by atoms with Crippen molar-refractivity contribution >= 4 is 23.2 Å². The molecule has 1 aliphatic rings. The Morgan fingerprint density at radius 1 is 0.944 bits per heavy atom. The number of amides is 2. The molecule has 1 saturated heterocycles. The van der Waals surface area contributed by atoms with Crippen LogP contribution in [-0.2, 0) is 22.7 Å². The first-order valence-electron chi connectivity index (χ1n) is 12.3. The minimum absolute atomic E-state index is 0.00911. The molecular weight excluding hydrogens is 472 g/mol. The van der Waals surface area contributed by atoms with E-state index in [4.69, 9.17) is 4.74 Å². The highest BCUT2D eigenvalue weighted by molar-refractivity contribution is 7.10. The van der Waals surface area contributed by atoms with Crippen molar-refractivity contribution in [3.05, 3.63) is 88.1 Å². The van der Waals surface area contributed by atoms with Crippen molar-refractivity contribution in [1.29, 1.82) is 0 Å². The second kappa shape index (κ2) is 12.7. The second-order valence-electron chi connectivity index (χ2n) is 9.01. The summed E-state index contributed by atoms with van der Waals surface area (Å²) in [5.74, 6) is -0.595. The number of thiophene rings is 1. The molecule has 4 rings (SSSR count). The van der Waals surface area contributed by atoms with Gasteiger partial charge in [0.15, 0.2) is 0 Å². The topological polar surface area (TPSA) is 73.9 Å². The van der Waals surface area contributed by atoms with Gasteiger partial charge >= 0.3 is 11.8 Å². The van der Waals surface area contributed by atoms with Crippen molar-refractivity contribution in [2.24, 2.45) is 0 Å². The molecule has 2 N–H and O–H groups in total. The first-order valence-corrected chi connectivity index (χ1v) is 13.2. The maximum atomic E-state index is 12.8. The van der Waals surface area contributed by atoms with Crippen LogP contribution in [0.15, 0.2) is 72.1 Å². The van der Waals surface area contributed by atoms with E-state index in [1.807, 2.05) is 43.3 Å². The monoisotopic (exact) mass is 506 g/mol. The van der Waals surface area contributed by atoms with Crippen molar-refractivity contribution in [3.63, 3.8) is 0 Å². The number of benzene rings is 2. The van der Waals surface area contributed by atoms with Gasteiger partial charge in [0.1, 0.15) is 5.75 Å². The maximum Gasteiger partial charge on any atom is 0.309 e. The Morgan fingerprint density at radius 2 is 1.67 bits per heavy atom. The van der Waals surface area contributed by atoms with Crippen LogP contribution in [0, 0.1) is 0 Å². The van der Waals surface area contributed by atoms with Gasteiger partial charge in [-0.1, -0.05) is 54.6 Å². The number of methoxy groups -OCH3 is 1. The molecule has 1 aliphatic heterocycles. The molecule has 1 aromatic heterocycles. The van der Waals surface area contributed by atoms with Crippen molar-refractivity contribution < 1.29 is 14.3 Å². The van der Waals surface area contributed by atoms with E-state index in [9.17, 15) is 9.59 Å². The summed E-state index contributed by atoms with van der Waals surface area (Å²) in [5.41, 5.74) is 2.14. The van der Waals surface area contributed by atoms with Gasteiger partial charge in [0.05, 0.1) is 13.2 Å². The molecule has 0 radical (unpaired) electrons. The Morgan fingerprint density at radius 3 is 2.36 bits per heavy atom. The summed E-state index contributed by atoms with van der Waals surface area (Å²) in [7, 11) is 1.58. The van der Waals surface area contributed by atoms with Gasteiger partial charge in [0, 0.05) is 55.8 Å². The van der Waals surface area contributed by atoms with Crippen LogP contribution >= 0.6 is 11.3 Å². The lowest BCUT2D eigenvalue weighted by atomic mass is 10.0. The van der Waals surface area contributed by atoms with Crippen LogP contribution in [0.25, 0.3) is 0 Å². The Hall–Kier alpha value is -3.20. The summed E-state index contributed by atoms with van der Waals surface area (Å²) in [6, 6.07) is 21.9. The Balaban J connectivity index is 1.34. The number of carbonyl (C=O) groups is 2. The number of rotatable bonds is 9. The molecule has 3 aromatic rings. The SMILES string of the molecule is COc1ccccc1CNC(=O)C(=O)N[C@H](C)[C@H](c1cccs1)N1CCN(Cc2ccccc2)CC1. The van der Waals surface area contributed by atoms with Crippen LogP contribution in [0.5, 0.6) is 5.75 Å². The average Bonchev–Trinajstić information content (AvgIpc) is 3.43. The van der Waals surface area contributed by atoms with Crippen LogP contribution in [0.2, 0.25) is 0 Å². The molecule has 0 bridgehead atoms.